The second kappa shape index (κ2) is 35.5. The van der Waals surface area contributed by atoms with Gasteiger partial charge >= 0.3 is 27.6 Å². The van der Waals surface area contributed by atoms with Gasteiger partial charge in [-0.15, -0.1) is 0 Å². The number of Topliss-reactive ketones (excluding diaryl/α,β-unsaturated/α-hetero) is 1. The van der Waals surface area contributed by atoms with Crippen LogP contribution in [-0.4, -0.2) is 98.6 Å². The van der Waals surface area contributed by atoms with Crippen molar-refractivity contribution in [2.75, 3.05) is 26.4 Å². The van der Waals surface area contributed by atoms with Crippen LogP contribution in [0.2, 0.25) is 0 Å². The number of esters is 2. The maximum atomic E-state index is 12.7. The van der Waals surface area contributed by atoms with E-state index in [0.29, 0.717) is 32.1 Å². The maximum absolute atomic E-state index is 12.7. The lowest BCUT2D eigenvalue weighted by Crippen LogP contribution is -2.30. The molecule has 1 aliphatic rings. The Balaban J connectivity index is 2.52. The van der Waals surface area contributed by atoms with E-state index in [1.54, 1.807) is 12.2 Å². The first-order valence-corrected chi connectivity index (χ1v) is 26.2. The van der Waals surface area contributed by atoms with Crippen LogP contribution in [-0.2, 0) is 46.6 Å². The number of aliphatic hydroxyl groups is 3. The molecule has 6 N–H and O–H groups in total. The molecule has 1 rings (SSSR count). The molecule has 62 heavy (non-hydrogen) atoms. The van der Waals surface area contributed by atoms with Crippen molar-refractivity contribution in [3.8, 4) is 0 Å². The van der Waals surface area contributed by atoms with Crippen LogP contribution in [0.25, 0.3) is 0 Å². The molecule has 0 saturated heterocycles. The zero-order valence-corrected chi connectivity index (χ0v) is 39.2. The zero-order valence-electron chi connectivity index (χ0n) is 37.4. The van der Waals surface area contributed by atoms with Gasteiger partial charge in [-0.25, -0.2) is 9.13 Å². The highest BCUT2D eigenvalue weighted by molar-refractivity contribution is 7.47. The summed E-state index contributed by atoms with van der Waals surface area (Å²) in [6.07, 6.45) is 25.0. The van der Waals surface area contributed by atoms with E-state index in [9.17, 15) is 43.7 Å². The van der Waals surface area contributed by atoms with Gasteiger partial charge in [-0.1, -0.05) is 128 Å². The smallest absolute Gasteiger partial charge is 0.462 e. The highest BCUT2D eigenvalue weighted by Crippen LogP contribution is 2.44. The zero-order chi connectivity index (χ0) is 46.1. The third kappa shape index (κ3) is 31.9. The van der Waals surface area contributed by atoms with Crippen LogP contribution in [0.4, 0.5) is 0 Å². The van der Waals surface area contributed by atoms with Crippen LogP contribution in [0.1, 0.15) is 174 Å². The number of ether oxygens (including phenoxy) is 2. The van der Waals surface area contributed by atoms with Crippen molar-refractivity contribution in [3.05, 3.63) is 24.3 Å². The molecule has 1 unspecified atom stereocenters. The standard InChI is InChI=1S/C44H80O16P2/c1-3-5-7-8-9-10-11-12-13-14-15-16-17-18-24-28-44(50)60-38(35-59-62(54,55)58-33-37(46)32-57-61(51,52)53)34-56-43(49)27-23-20-19-22-26-39-40(42(48)31-41(39)47)30-29-36(45)25-21-6-4-2/h12-13,29-30,36-41,45-47H,3-11,14-28,31-35H2,1-2H3,(H,54,55)(H2,51,52,53)/b13-12-,30-29+/t36-,37-,38+,39+,40+,41-/m0/s1. The molecule has 0 radical (unpaired) electrons. The summed E-state index contributed by atoms with van der Waals surface area (Å²) in [4.78, 5) is 65.5. The summed E-state index contributed by atoms with van der Waals surface area (Å²) >= 11 is 0. The minimum atomic E-state index is -4.89. The Bertz CT molecular complexity index is 1350. The first-order chi connectivity index (χ1) is 29.6. The Morgan fingerprint density at radius 2 is 1.23 bits per heavy atom. The molecule has 0 aliphatic heterocycles. The number of hydrogen-bond donors (Lipinski definition) is 6. The first kappa shape index (κ1) is 58.2. The van der Waals surface area contributed by atoms with E-state index in [2.05, 4.69) is 35.0 Å². The van der Waals surface area contributed by atoms with E-state index in [0.717, 1.165) is 70.6 Å². The second-order valence-electron chi connectivity index (χ2n) is 16.5. The van der Waals surface area contributed by atoms with Crippen LogP contribution >= 0.6 is 15.6 Å². The third-order valence-electron chi connectivity index (χ3n) is 10.7. The summed E-state index contributed by atoms with van der Waals surface area (Å²) in [5, 5.41) is 30.5. The predicted molar refractivity (Wildman–Crippen MR) is 236 cm³/mol. The van der Waals surface area contributed by atoms with Gasteiger partial charge in [-0.3, -0.25) is 28.0 Å². The summed E-state index contributed by atoms with van der Waals surface area (Å²) in [5.41, 5.74) is 0. The lowest BCUT2D eigenvalue weighted by Gasteiger charge is -2.20. The number of aliphatic hydroxyl groups excluding tert-OH is 3. The normalized spacial score (nSPS) is 19.5. The van der Waals surface area contributed by atoms with E-state index < -0.39 is 84.3 Å². The number of rotatable bonds is 40. The molecule has 1 aliphatic carbocycles. The Kier molecular flexibility index (Phi) is 33.3. The molecule has 0 aromatic carbocycles. The molecule has 0 bridgehead atoms. The summed E-state index contributed by atoms with van der Waals surface area (Å²) < 4.78 is 47.8. The lowest BCUT2D eigenvalue weighted by molar-refractivity contribution is -0.161. The van der Waals surface area contributed by atoms with Gasteiger partial charge in [0.05, 0.1) is 32.0 Å². The molecule has 0 amide bonds. The van der Waals surface area contributed by atoms with Gasteiger partial charge in [0.1, 0.15) is 18.5 Å². The van der Waals surface area contributed by atoms with E-state index in [4.69, 9.17) is 23.8 Å². The fraction of sp³-hybridized carbons (Fsp3) is 0.841. The van der Waals surface area contributed by atoms with Crippen molar-refractivity contribution in [1.29, 1.82) is 0 Å². The highest BCUT2D eigenvalue weighted by Gasteiger charge is 2.39. The number of phosphoric ester groups is 2. The number of unbranched alkanes of at least 4 members (excludes halogenated alkanes) is 16. The van der Waals surface area contributed by atoms with Gasteiger partial charge in [-0.05, 0) is 57.3 Å². The number of hydrogen-bond acceptors (Lipinski definition) is 13. The fourth-order valence-corrected chi connectivity index (χ4v) is 8.29. The van der Waals surface area contributed by atoms with Gasteiger partial charge in [0, 0.05) is 25.2 Å². The maximum Gasteiger partial charge on any atom is 0.472 e. The molecular weight excluding hydrogens is 846 g/mol. The molecule has 1 saturated carbocycles. The number of ketones is 1. The quantitative estimate of drug-likeness (QED) is 0.0146. The summed E-state index contributed by atoms with van der Waals surface area (Å²) in [5.74, 6) is -1.88. The van der Waals surface area contributed by atoms with Gasteiger partial charge in [-0.2, -0.15) is 0 Å². The summed E-state index contributed by atoms with van der Waals surface area (Å²) in [6, 6.07) is 0. The lowest BCUT2D eigenvalue weighted by atomic mass is 9.88. The highest BCUT2D eigenvalue weighted by atomic mass is 31.2. The average molecular weight is 927 g/mol. The van der Waals surface area contributed by atoms with Crippen LogP contribution in [0.5, 0.6) is 0 Å². The number of carbonyl (C=O) groups excluding carboxylic acids is 3. The largest absolute Gasteiger partial charge is 0.472 e. The minimum absolute atomic E-state index is 0.0287. The predicted octanol–water partition coefficient (Wildman–Crippen LogP) is 8.49. The molecule has 1 fully saturated rings. The van der Waals surface area contributed by atoms with Crippen LogP contribution in [0.3, 0.4) is 0 Å². The van der Waals surface area contributed by atoms with E-state index in [1.807, 2.05) is 0 Å². The Morgan fingerprint density at radius 3 is 1.85 bits per heavy atom. The molecule has 0 aromatic rings. The van der Waals surface area contributed by atoms with Crippen molar-refractivity contribution >= 4 is 33.4 Å². The Labute approximate surface area is 370 Å². The molecule has 7 atom stereocenters. The van der Waals surface area contributed by atoms with Gasteiger partial charge < -0.3 is 39.5 Å². The minimum Gasteiger partial charge on any atom is -0.462 e. The number of phosphoric acid groups is 2. The average Bonchev–Trinajstić information content (AvgIpc) is 3.49. The van der Waals surface area contributed by atoms with E-state index in [-0.39, 0.29) is 31.0 Å². The third-order valence-corrected chi connectivity index (χ3v) is 12.1. The van der Waals surface area contributed by atoms with Crippen LogP contribution in [0, 0.1) is 11.8 Å². The van der Waals surface area contributed by atoms with Gasteiger partial charge in [0.15, 0.2) is 6.10 Å². The van der Waals surface area contributed by atoms with Gasteiger partial charge in [0.25, 0.3) is 0 Å². The molecule has 0 spiro atoms. The van der Waals surface area contributed by atoms with E-state index >= 15 is 0 Å². The SMILES string of the molecule is CCCCCCCC/C=C\CCCCCCCC(=O)O[C@H](COC(=O)CCCCCC[C@H]1[C@@H](O)CC(=O)[C@@H]1/C=C/[C@@H](O)CCCCC)COP(=O)(O)OC[C@@H](O)COP(=O)(O)O. The van der Waals surface area contributed by atoms with E-state index in [1.165, 1.54) is 38.5 Å². The molecule has 18 heteroatoms. The van der Waals surface area contributed by atoms with Gasteiger partial charge in [0.2, 0.25) is 0 Å². The monoisotopic (exact) mass is 926 g/mol. The fourth-order valence-electron chi connectivity index (χ4n) is 7.13. The molecule has 0 heterocycles. The van der Waals surface area contributed by atoms with Crippen molar-refractivity contribution in [1.82, 2.24) is 0 Å². The van der Waals surface area contributed by atoms with Crippen molar-refractivity contribution in [2.24, 2.45) is 11.8 Å². The Morgan fingerprint density at radius 1 is 0.694 bits per heavy atom. The van der Waals surface area contributed by atoms with Crippen molar-refractivity contribution < 1.29 is 76.6 Å². The molecule has 16 nitrogen and oxygen atoms in total. The summed E-state index contributed by atoms with van der Waals surface area (Å²) in [6.45, 7) is 1.39. The molecular formula is C44H80O16P2. The number of allylic oxidation sites excluding steroid dienone is 3. The van der Waals surface area contributed by atoms with Crippen LogP contribution < -0.4 is 0 Å². The van der Waals surface area contributed by atoms with Crippen molar-refractivity contribution in [3.63, 3.8) is 0 Å². The van der Waals surface area contributed by atoms with Crippen LogP contribution in [0.15, 0.2) is 24.3 Å². The topological polar surface area (TPSA) is 253 Å². The molecule has 0 aromatic heterocycles. The second-order valence-corrected chi connectivity index (χ2v) is 19.2. The number of carbonyl (C=O) groups is 3. The first-order valence-electron chi connectivity index (χ1n) is 23.1. The summed E-state index contributed by atoms with van der Waals surface area (Å²) in [7, 11) is -9.76. The molecule has 362 valence electrons. The Hall–Kier alpha value is -1.81. The van der Waals surface area contributed by atoms with Crippen molar-refractivity contribution in [2.45, 2.75) is 199 Å².